The Morgan fingerprint density at radius 1 is 1.15 bits per heavy atom. The number of oxazole rings is 1. The summed E-state index contributed by atoms with van der Waals surface area (Å²) in [5.74, 6) is -0.163. The Labute approximate surface area is 154 Å². The molecule has 5 rings (SSSR count). The van der Waals surface area contributed by atoms with Gasteiger partial charge in [0.1, 0.15) is 5.52 Å². The highest BCUT2D eigenvalue weighted by Crippen LogP contribution is 2.26. The van der Waals surface area contributed by atoms with Crippen molar-refractivity contribution in [2.45, 2.75) is 0 Å². The molecule has 2 N–H and O–H groups in total. The SMILES string of the molecule is O=C(Nc1ccc2oc(N3CCOCC3)nc2c1)c1c[nH]c2ccccc12. The quantitative estimate of drug-likeness (QED) is 0.584. The van der Waals surface area contributed by atoms with Crippen LogP contribution < -0.4 is 10.2 Å². The van der Waals surface area contributed by atoms with Gasteiger partial charge in [-0.15, -0.1) is 0 Å². The molecule has 0 unspecified atom stereocenters. The van der Waals surface area contributed by atoms with E-state index < -0.39 is 0 Å². The van der Waals surface area contributed by atoms with Crippen molar-refractivity contribution in [1.29, 1.82) is 0 Å². The zero-order valence-corrected chi connectivity index (χ0v) is 14.6. The molecule has 3 heterocycles. The Balaban J connectivity index is 1.40. The molecule has 136 valence electrons. The first kappa shape index (κ1) is 15.9. The van der Waals surface area contributed by atoms with Gasteiger partial charge in [0.25, 0.3) is 11.9 Å². The molecule has 0 radical (unpaired) electrons. The Morgan fingerprint density at radius 2 is 2.00 bits per heavy atom. The predicted molar refractivity (Wildman–Crippen MR) is 103 cm³/mol. The van der Waals surface area contributed by atoms with Crippen LogP contribution in [0.2, 0.25) is 0 Å². The maximum atomic E-state index is 12.7. The number of benzene rings is 2. The average molecular weight is 362 g/mol. The predicted octanol–water partition coefficient (Wildman–Crippen LogP) is 3.40. The highest BCUT2D eigenvalue weighted by atomic mass is 16.5. The number of para-hydroxylation sites is 1. The lowest BCUT2D eigenvalue weighted by molar-refractivity contribution is 0.102. The minimum atomic E-state index is -0.163. The van der Waals surface area contributed by atoms with Gasteiger partial charge in [0.2, 0.25) is 0 Å². The van der Waals surface area contributed by atoms with Crippen LogP contribution in [0.5, 0.6) is 0 Å². The van der Waals surface area contributed by atoms with Crippen molar-refractivity contribution in [2.75, 3.05) is 36.5 Å². The largest absolute Gasteiger partial charge is 0.423 e. The van der Waals surface area contributed by atoms with Crippen LogP contribution in [0.1, 0.15) is 10.4 Å². The summed E-state index contributed by atoms with van der Waals surface area (Å²) in [4.78, 5) is 22.4. The molecule has 1 saturated heterocycles. The number of rotatable bonds is 3. The van der Waals surface area contributed by atoms with Gasteiger partial charge in [-0.3, -0.25) is 4.79 Å². The van der Waals surface area contributed by atoms with Crippen molar-refractivity contribution in [3.8, 4) is 0 Å². The molecule has 0 saturated carbocycles. The second-order valence-electron chi connectivity index (χ2n) is 6.48. The van der Waals surface area contributed by atoms with Crippen LogP contribution in [0.4, 0.5) is 11.7 Å². The molecule has 0 atom stereocenters. The van der Waals surface area contributed by atoms with E-state index in [4.69, 9.17) is 9.15 Å². The number of aromatic amines is 1. The van der Waals surface area contributed by atoms with E-state index in [0.717, 1.165) is 24.0 Å². The molecule has 1 aliphatic rings. The Kier molecular flexibility index (Phi) is 3.79. The lowest BCUT2D eigenvalue weighted by atomic mass is 10.1. The van der Waals surface area contributed by atoms with E-state index in [2.05, 4.69) is 20.2 Å². The fraction of sp³-hybridized carbons (Fsp3) is 0.200. The van der Waals surface area contributed by atoms with E-state index in [1.165, 1.54) is 0 Å². The number of nitrogens with zero attached hydrogens (tertiary/aromatic N) is 2. The molecule has 7 heteroatoms. The summed E-state index contributed by atoms with van der Waals surface area (Å²) in [7, 11) is 0. The van der Waals surface area contributed by atoms with Gasteiger partial charge in [0, 0.05) is 35.9 Å². The van der Waals surface area contributed by atoms with Crippen molar-refractivity contribution < 1.29 is 13.9 Å². The van der Waals surface area contributed by atoms with Crippen molar-refractivity contribution in [3.05, 3.63) is 54.2 Å². The molecular formula is C20H18N4O3. The lowest BCUT2D eigenvalue weighted by Crippen LogP contribution is -2.36. The minimum Gasteiger partial charge on any atom is -0.423 e. The zero-order valence-electron chi connectivity index (χ0n) is 14.6. The average Bonchev–Trinajstić information content (AvgIpc) is 3.32. The molecule has 7 nitrogen and oxygen atoms in total. The van der Waals surface area contributed by atoms with Crippen molar-refractivity contribution in [2.24, 2.45) is 0 Å². The molecule has 4 aromatic rings. The lowest BCUT2D eigenvalue weighted by Gasteiger charge is -2.24. The number of carbonyl (C=O) groups excluding carboxylic acids is 1. The number of hydrogen-bond donors (Lipinski definition) is 2. The standard InChI is InChI=1S/C20H18N4O3/c25-19(15-12-21-16-4-2-1-3-14(15)16)22-13-5-6-18-17(11-13)23-20(27-18)24-7-9-26-10-8-24/h1-6,11-12,21H,7-10H2,(H,22,25). The second-order valence-corrected chi connectivity index (χ2v) is 6.48. The normalized spacial score (nSPS) is 14.7. The molecule has 1 fully saturated rings. The minimum absolute atomic E-state index is 0.163. The monoisotopic (exact) mass is 362 g/mol. The van der Waals surface area contributed by atoms with E-state index >= 15 is 0 Å². The smallest absolute Gasteiger partial charge is 0.298 e. The summed E-state index contributed by atoms with van der Waals surface area (Å²) in [5.41, 5.74) is 3.64. The fourth-order valence-electron chi connectivity index (χ4n) is 3.34. The highest BCUT2D eigenvalue weighted by molar-refractivity contribution is 6.13. The number of nitrogens with one attached hydrogen (secondary N) is 2. The van der Waals surface area contributed by atoms with Crippen LogP contribution in [-0.2, 0) is 4.74 Å². The summed E-state index contributed by atoms with van der Waals surface area (Å²) >= 11 is 0. The van der Waals surface area contributed by atoms with E-state index in [-0.39, 0.29) is 5.91 Å². The maximum Gasteiger partial charge on any atom is 0.298 e. The third kappa shape index (κ3) is 2.92. The van der Waals surface area contributed by atoms with Gasteiger partial charge < -0.3 is 24.4 Å². The molecule has 2 aromatic heterocycles. The number of fused-ring (bicyclic) bond motifs is 2. The van der Waals surface area contributed by atoms with Crippen molar-refractivity contribution in [1.82, 2.24) is 9.97 Å². The molecule has 0 bridgehead atoms. The van der Waals surface area contributed by atoms with Gasteiger partial charge in [0.15, 0.2) is 5.58 Å². The number of hydrogen-bond acceptors (Lipinski definition) is 5. The van der Waals surface area contributed by atoms with Gasteiger partial charge in [-0.25, -0.2) is 0 Å². The molecule has 1 aliphatic heterocycles. The van der Waals surface area contributed by atoms with E-state index in [1.807, 2.05) is 42.5 Å². The number of H-pyrrole nitrogens is 1. The van der Waals surface area contributed by atoms with E-state index in [0.29, 0.717) is 41.6 Å². The summed E-state index contributed by atoms with van der Waals surface area (Å²) < 4.78 is 11.2. The van der Waals surface area contributed by atoms with Gasteiger partial charge >= 0.3 is 0 Å². The third-order valence-electron chi connectivity index (χ3n) is 4.75. The number of aromatic nitrogens is 2. The van der Waals surface area contributed by atoms with Crippen molar-refractivity contribution >= 4 is 39.6 Å². The Hall–Kier alpha value is -3.32. The highest BCUT2D eigenvalue weighted by Gasteiger charge is 2.18. The maximum absolute atomic E-state index is 12.7. The van der Waals surface area contributed by atoms with Crippen LogP contribution in [0.25, 0.3) is 22.0 Å². The molecule has 0 spiro atoms. The number of amides is 1. The number of carbonyl (C=O) groups is 1. The van der Waals surface area contributed by atoms with E-state index in [9.17, 15) is 4.79 Å². The van der Waals surface area contributed by atoms with Crippen LogP contribution in [0.3, 0.4) is 0 Å². The van der Waals surface area contributed by atoms with E-state index in [1.54, 1.807) is 6.20 Å². The fourth-order valence-corrected chi connectivity index (χ4v) is 3.34. The summed E-state index contributed by atoms with van der Waals surface area (Å²) in [6.45, 7) is 2.86. The Morgan fingerprint density at radius 3 is 2.89 bits per heavy atom. The first-order valence-electron chi connectivity index (χ1n) is 8.89. The van der Waals surface area contributed by atoms with Gasteiger partial charge in [-0.1, -0.05) is 18.2 Å². The Bertz CT molecular complexity index is 1120. The molecule has 2 aromatic carbocycles. The number of morpholine rings is 1. The van der Waals surface area contributed by atoms with Gasteiger partial charge in [0.05, 0.1) is 18.8 Å². The number of ether oxygens (including phenoxy) is 1. The zero-order chi connectivity index (χ0) is 18.2. The topological polar surface area (TPSA) is 83.4 Å². The molecule has 0 aliphatic carbocycles. The van der Waals surface area contributed by atoms with Crippen molar-refractivity contribution in [3.63, 3.8) is 0 Å². The van der Waals surface area contributed by atoms with Crippen LogP contribution in [0, 0.1) is 0 Å². The first-order valence-corrected chi connectivity index (χ1v) is 8.89. The van der Waals surface area contributed by atoms with Gasteiger partial charge in [-0.05, 0) is 24.3 Å². The van der Waals surface area contributed by atoms with Crippen LogP contribution in [-0.4, -0.2) is 42.2 Å². The van der Waals surface area contributed by atoms with Crippen LogP contribution >= 0.6 is 0 Å². The number of anilines is 2. The summed E-state index contributed by atoms with van der Waals surface area (Å²) in [6, 6.07) is 13.8. The second kappa shape index (κ2) is 6.44. The van der Waals surface area contributed by atoms with Gasteiger partial charge in [-0.2, -0.15) is 4.98 Å². The summed E-state index contributed by atoms with van der Waals surface area (Å²) in [6.07, 6.45) is 1.73. The van der Waals surface area contributed by atoms with Crippen LogP contribution in [0.15, 0.2) is 53.1 Å². The third-order valence-corrected chi connectivity index (χ3v) is 4.75. The molecule has 27 heavy (non-hydrogen) atoms. The first-order chi connectivity index (χ1) is 13.3. The molecular weight excluding hydrogens is 344 g/mol. The molecule has 1 amide bonds. The summed E-state index contributed by atoms with van der Waals surface area (Å²) in [5, 5.41) is 3.84.